The molecule has 1 aliphatic rings. The first-order valence-corrected chi connectivity index (χ1v) is 8.11. The molecule has 0 saturated carbocycles. The molecular formula is C20H22N2O. The highest BCUT2D eigenvalue weighted by atomic mass is 16.1. The molecule has 3 heteroatoms. The molecule has 1 N–H and O–H groups in total. The first-order chi connectivity index (χ1) is 11.3. The molecule has 0 fully saturated rings. The predicted octanol–water partition coefficient (Wildman–Crippen LogP) is 2.87. The van der Waals surface area contributed by atoms with Crippen molar-refractivity contribution < 1.29 is 4.79 Å². The van der Waals surface area contributed by atoms with E-state index in [1.54, 1.807) is 6.08 Å². The van der Waals surface area contributed by atoms with E-state index in [9.17, 15) is 4.79 Å². The van der Waals surface area contributed by atoms with Crippen molar-refractivity contribution in [3.8, 4) is 0 Å². The molecule has 23 heavy (non-hydrogen) atoms. The van der Waals surface area contributed by atoms with E-state index >= 15 is 0 Å². The zero-order valence-corrected chi connectivity index (χ0v) is 13.2. The fourth-order valence-corrected chi connectivity index (χ4v) is 2.88. The van der Waals surface area contributed by atoms with Crippen LogP contribution in [0.4, 0.5) is 0 Å². The highest BCUT2D eigenvalue weighted by molar-refractivity contribution is 5.91. The van der Waals surface area contributed by atoms with Gasteiger partial charge in [-0.1, -0.05) is 54.6 Å². The third-order valence-electron chi connectivity index (χ3n) is 4.16. The van der Waals surface area contributed by atoms with E-state index in [-0.39, 0.29) is 5.91 Å². The number of nitrogens with zero attached hydrogens (tertiary/aromatic N) is 1. The van der Waals surface area contributed by atoms with Gasteiger partial charge in [0.2, 0.25) is 5.91 Å². The Morgan fingerprint density at radius 2 is 1.78 bits per heavy atom. The van der Waals surface area contributed by atoms with Crippen LogP contribution in [0.3, 0.4) is 0 Å². The Kier molecular flexibility index (Phi) is 5.22. The van der Waals surface area contributed by atoms with Gasteiger partial charge in [0.1, 0.15) is 0 Å². The number of hydrogen-bond acceptors (Lipinski definition) is 2. The van der Waals surface area contributed by atoms with E-state index < -0.39 is 0 Å². The molecule has 1 heterocycles. The number of amides is 1. The lowest BCUT2D eigenvalue weighted by molar-refractivity contribution is -0.116. The molecule has 0 radical (unpaired) electrons. The van der Waals surface area contributed by atoms with Crippen LogP contribution in [0.25, 0.3) is 6.08 Å². The minimum absolute atomic E-state index is 0.0359. The SMILES string of the molecule is O=C(C=Cc1ccccc1)NCCN1CCc2ccccc2C1. The summed E-state index contributed by atoms with van der Waals surface area (Å²) in [7, 11) is 0. The summed E-state index contributed by atoms with van der Waals surface area (Å²) in [5.41, 5.74) is 3.91. The number of nitrogens with one attached hydrogen (secondary N) is 1. The molecule has 118 valence electrons. The molecule has 3 rings (SSSR count). The maximum Gasteiger partial charge on any atom is 0.244 e. The predicted molar refractivity (Wildman–Crippen MR) is 93.9 cm³/mol. The summed E-state index contributed by atoms with van der Waals surface area (Å²) in [5, 5.41) is 2.96. The van der Waals surface area contributed by atoms with Gasteiger partial charge in [-0.2, -0.15) is 0 Å². The van der Waals surface area contributed by atoms with Gasteiger partial charge in [-0.25, -0.2) is 0 Å². The van der Waals surface area contributed by atoms with Gasteiger partial charge in [-0.3, -0.25) is 9.69 Å². The number of fused-ring (bicyclic) bond motifs is 1. The number of carbonyl (C=O) groups is 1. The minimum atomic E-state index is -0.0359. The lowest BCUT2D eigenvalue weighted by atomic mass is 10.00. The van der Waals surface area contributed by atoms with Crippen molar-refractivity contribution in [3.63, 3.8) is 0 Å². The van der Waals surface area contributed by atoms with Crippen molar-refractivity contribution in [3.05, 3.63) is 77.4 Å². The fourth-order valence-electron chi connectivity index (χ4n) is 2.88. The largest absolute Gasteiger partial charge is 0.351 e. The number of rotatable bonds is 5. The van der Waals surface area contributed by atoms with E-state index in [1.165, 1.54) is 11.1 Å². The number of hydrogen-bond donors (Lipinski definition) is 1. The zero-order valence-electron chi connectivity index (χ0n) is 13.2. The summed E-state index contributed by atoms with van der Waals surface area (Å²) in [5.74, 6) is -0.0359. The van der Waals surface area contributed by atoms with Gasteiger partial charge in [0.05, 0.1) is 0 Å². The van der Waals surface area contributed by atoms with Crippen molar-refractivity contribution in [2.24, 2.45) is 0 Å². The highest BCUT2D eigenvalue weighted by Crippen LogP contribution is 2.17. The Morgan fingerprint density at radius 3 is 2.61 bits per heavy atom. The molecule has 2 aromatic carbocycles. The van der Waals surface area contributed by atoms with E-state index in [0.29, 0.717) is 6.54 Å². The Bertz CT molecular complexity index is 679. The second-order valence-corrected chi connectivity index (χ2v) is 5.83. The Labute approximate surface area is 137 Å². The van der Waals surface area contributed by atoms with Gasteiger partial charge >= 0.3 is 0 Å². The fraction of sp³-hybridized carbons (Fsp3) is 0.250. The van der Waals surface area contributed by atoms with Crippen LogP contribution in [0.15, 0.2) is 60.7 Å². The average molecular weight is 306 g/mol. The van der Waals surface area contributed by atoms with Crippen LogP contribution in [0.5, 0.6) is 0 Å². The van der Waals surface area contributed by atoms with Crippen molar-refractivity contribution in [2.75, 3.05) is 19.6 Å². The van der Waals surface area contributed by atoms with Gasteiger partial charge in [0.15, 0.2) is 0 Å². The monoisotopic (exact) mass is 306 g/mol. The zero-order chi connectivity index (χ0) is 15.9. The smallest absolute Gasteiger partial charge is 0.244 e. The number of benzene rings is 2. The van der Waals surface area contributed by atoms with Gasteiger partial charge in [-0.15, -0.1) is 0 Å². The van der Waals surface area contributed by atoms with Gasteiger partial charge in [-0.05, 0) is 29.2 Å². The summed E-state index contributed by atoms with van der Waals surface area (Å²) in [4.78, 5) is 14.2. The molecule has 0 bridgehead atoms. The highest BCUT2D eigenvalue weighted by Gasteiger charge is 2.14. The molecular weight excluding hydrogens is 284 g/mol. The molecule has 0 spiro atoms. The maximum atomic E-state index is 11.8. The quantitative estimate of drug-likeness (QED) is 0.862. The van der Waals surface area contributed by atoms with Crippen LogP contribution in [0, 0.1) is 0 Å². The second kappa shape index (κ2) is 7.75. The third-order valence-corrected chi connectivity index (χ3v) is 4.16. The topological polar surface area (TPSA) is 32.3 Å². The van der Waals surface area contributed by atoms with E-state index in [2.05, 4.69) is 34.5 Å². The average Bonchev–Trinajstić information content (AvgIpc) is 2.61. The Morgan fingerprint density at radius 1 is 1.04 bits per heavy atom. The van der Waals surface area contributed by atoms with Crippen LogP contribution in [0.2, 0.25) is 0 Å². The van der Waals surface area contributed by atoms with Crippen LogP contribution in [-0.2, 0) is 17.8 Å². The van der Waals surface area contributed by atoms with E-state index in [0.717, 1.165) is 31.6 Å². The van der Waals surface area contributed by atoms with Gasteiger partial charge in [0.25, 0.3) is 0 Å². The maximum absolute atomic E-state index is 11.8. The summed E-state index contributed by atoms with van der Waals surface area (Å²) in [6.07, 6.45) is 4.53. The summed E-state index contributed by atoms with van der Waals surface area (Å²) in [6, 6.07) is 18.5. The van der Waals surface area contributed by atoms with Crippen LogP contribution in [0.1, 0.15) is 16.7 Å². The summed E-state index contributed by atoms with van der Waals surface area (Å²) < 4.78 is 0. The molecule has 0 atom stereocenters. The first-order valence-electron chi connectivity index (χ1n) is 8.11. The minimum Gasteiger partial charge on any atom is -0.351 e. The molecule has 1 aliphatic heterocycles. The molecule has 0 aliphatic carbocycles. The normalized spacial score (nSPS) is 14.6. The van der Waals surface area contributed by atoms with Crippen molar-refractivity contribution in [1.29, 1.82) is 0 Å². The molecule has 1 amide bonds. The summed E-state index contributed by atoms with van der Waals surface area (Å²) in [6.45, 7) is 3.61. The molecule has 0 saturated heterocycles. The molecule has 3 nitrogen and oxygen atoms in total. The second-order valence-electron chi connectivity index (χ2n) is 5.83. The van der Waals surface area contributed by atoms with Crippen LogP contribution < -0.4 is 5.32 Å². The van der Waals surface area contributed by atoms with Gasteiger partial charge < -0.3 is 5.32 Å². The lowest BCUT2D eigenvalue weighted by Gasteiger charge is -2.28. The van der Waals surface area contributed by atoms with Crippen molar-refractivity contribution >= 4 is 12.0 Å². The van der Waals surface area contributed by atoms with E-state index in [4.69, 9.17) is 0 Å². The number of carbonyl (C=O) groups excluding carboxylic acids is 1. The Hall–Kier alpha value is -2.39. The third kappa shape index (κ3) is 4.54. The molecule has 0 unspecified atom stereocenters. The standard InChI is InChI=1S/C20H22N2O/c23-20(11-10-17-6-2-1-3-7-17)21-13-15-22-14-12-18-8-4-5-9-19(18)16-22/h1-11H,12-16H2,(H,21,23). The summed E-state index contributed by atoms with van der Waals surface area (Å²) >= 11 is 0. The van der Waals surface area contributed by atoms with Crippen LogP contribution in [-0.4, -0.2) is 30.4 Å². The van der Waals surface area contributed by atoms with Crippen molar-refractivity contribution in [2.45, 2.75) is 13.0 Å². The van der Waals surface area contributed by atoms with Gasteiger partial charge in [0, 0.05) is 32.3 Å². The lowest BCUT2D eigenvalue weighted by Crippen LogP contribution is -2.37. The van der Waals surface area contributed by atoms with Crippen LogP contribution >= 0.6 is 0 Å². The van der Waals surface area contributed by atoms with E-state index in [1.807, 2.05) is 36.4 Å². The Balaban J connectivity index is 1.42. The molecule has 2 aromatic rings. The molecule has 0 aromatic heterocycles. The van der Waals surface area contributed by atoms with Crippen molar-refractivity contribution in [1.82, 2.24) is 10.2 Å². The first kappa shape index (κ1) is 15.5.